The van der Waals surface area contributed by atoms with Crippen LogP contribution >= 0.6 is 15.9 Å². The predicted octanol–water partition coefficient (Wildman–Crippen LogP) is 1.22. The van der Waals surface area contributed by atoms with Crippen LogP contribution in [0.4, 0.5) is 0 Å². The van der Waals surface area contributed by atoms with E-state index in [1.165, 1.54) is 18.2 Å². The van der Waals surface area contributed by atoms with Crippen LogP contribution in [0.25, 0.3) is 0 Å². The molecule has 1 amide bonds. The number of rotatable bonds is 6. The fraction of sp³-hybridized carbons (Fsp3) is 0.167. The van der Waals surface area contributed by atoms with Gasteiger partial charge in [0.15, 0.2) is 9.84 Å². The van der Waals surface area contributed by atoms with Crippen molar-refractivity contribution in [1.29, 1.82) is 0 Å². The highest BCUT2D eigenvalue weighted by atomic mass is 79.9. The molecule has 8 heteroatoms. The van der Waals surface area contributed by atoms with Gasteiger partial charge < -0.3 is 10.4 Å². The van der Waals surface area contributed by atoms with Crippen LogP contribution < -0.4 is 5.32 Å². The first-order valence-corrected chi connectivity index (χ1v) is 7.85. The van der Waals surface area contributed by atoms with Crippen molar-refractivity contribution in [1.82, 2.24) is 5.32 Å². The fourth-order valence-corrected chi connectivity index (χ4v) is 2.96. The number of carboxylic acid groups (broad SMARTS) is 1. The summed E-state index contributed by atoms with van der Waals surface area (Å²) in [5.74, 6) is -2.68. The SMILES string of the molecule is C=CCNC(=O)CS(=O)(=O)c1ccc(Br)c(C(=O)O)c1. The molecular formula is C12H12BrNO5S. The Bertz CT molecular complexity index is 654. The van der Waals surface area contributed by atoms with Crippen molar-refractivity contribution < 1.29 is 23.1 Å². The van der Waals surface area contributed by atoms with Crippen LogP contribution in [0.2, 0.25) is 0 Å². The normalized spacial score (nSPS) is 10.8. The summed E-state index contributed by atoms with van der Waals surface area (Å²) in [5.41, 5.74) is -0.183. The second-order valence-corrected chi connectivity index (χ2v) is 6.64. The van der Waals surface area contributed by atoms with Gasteiger partial charge in [-0.1, -0.05) is 6.08 Å². The molecule has 0 aliphatic rings. The lowest BCUT2D eigenvalue weighted by Gasteiger charge is -2.07. The Labute approximate surface area is 124 Å². The van der Waals surface area contributed by atoms with Gasteiger partial charge in [0.2, 0.25) is 5.91 Å². The molecular weight excluding hydrogens is 350 g/mol. The quantitative estimate of drug-likeness (QED) is 0.742. The summed E-state index contributed by atoms with van der Waals surface area (Å²) in [4.78, 5) is 22.1. The molecule has 1 aromatic carbocycles. The predicted molar refractivity (Wildman–Crippen MR) is 76.4 cm³/mol. The van der Waals surface area contributed by atoms with Crippen molar-refractivity contribution in [3.8, 4) is 0 Å². The largest absolute Gasteiger partial charge is 0.478 e. The first-order chi connectivity index (χ1) is 9.27. The number of hydrogen-bond donors (Lipinski definition) is 2. The van der Waals surface area contributed by atoms with Gasteiger partial charge in [0.1, 0.15) is 5.75 Å². The van der Waals surface area contributed by atoms with E-state index >= 15 is 0 Å². The minimum Gasteiger partial charge on any atom is -0.478 e. The zero-order chi connectivity index (χ0) is 15.3. The van der Waals surface area contributed by atoms with E-state index in [9.17, 15) is 18.0 Å². The van der Waals surface area contributed by atoms with Crippen LogP contribution in [0.15, 0.2) is 40.2 Å². The molecule has 1 aromatic rings. The molecule has 0 saturated heterocycles. The van der Waals surface area contributed by atoms with E-state index < -0.39 is 27.5 Å². The molecule has 0 radical (unpaired) electrons. The summed E-state index contributed by atoms with van der Waals surface area (Å²) in [6, 6.07) is 3.58. The highest BCUT2D eigenvalue weighted by molar-refractivity contribution is 9.10. The summed E-state index contributed by atoms with van der Waals surface area (Å²) in [6.07, 6.45) is 1.42. The van der Waals surface area contributed by atoms with Crippen LogP contribution in [0, 0.1) is 0 Å². The molecule has 0 spiro atoms. The van der Waals surface area contributed by atoms with Gasteiger partial charge in [-0.2, -0.15) is 0 Å². The number of nitrogens with one attached hydrogen (secondary N) is 1. The van der Waals surface area contributed by atoms with Crippen molar-refractivity contribution in [2.75, 3.05) is 12.3 Å². The van der Waals surface area contributed by atoms with Crippen LogP contribution in [-0.2, 0) is 14.6 Å². The average molecular weight is 362 g/mol. The number of sulfone groups is 1. The Balaban J connectivity index is 3.04. The van der Waals surface area contributed by atoms with E-state index in [2.05, 4.69) is 27.8 Å². The molecule has 108 valence electrons. The molecule has 0 atom stereocenters. The van der Waals surface area contributed by atoms with Crippen molar-refractivity contribution in [3.63, 3.8) is 0 Å². The highest BCUT2D eigenvalue weighted by Crippen LogP contribution is 2.21. The van der Waals surface area contributed by atoms with Crippen LogP contribution in [0.1, 0.15) is 10.4 Å². The monoisotopic (exact) mass is 361 g/mol. The number of halogens is 1. The third kappa shape index (κ3) is 4.17. The van der Waals surface area contributed by atoms with Gasteiger partial charge in [-0.05, 0) is 34.1 Å². The Kier molecular flexibility index (Phi) is 5.46. The van der Waals surface area contributed by atoms with Gasteiger partial charge in [0, 0.05) is 11.0 Å². The zero-order valence-corrected chi connectivity index (χ0v) is 12.7. The Morgan fingerprint density at radius 1 is 1.40 bits per heavy atom. The number of amides is 1. The first-order valence-electron chi connectivity index (χ1n) is 5.41. The second-order valence-electron chi connectivity index (χ2n) is 3.80. The van der Waals surface area contributed by atoms with Crippen molar-refractivity contribution in [3.05, 3.63) is 40.9 Å². The highest BCUT2D eigenvalue weighted by Gasteiger charge is 2.21. The van der Waals surface area contributed by atoms with Gasteiger partial charge in [-0.15, -0.1) is 6.58 Å². The Morgan fingerprint density at radius 3 is 2.60 bits per heavy atom. The summed E-state index contributed by atoms with van der Waals surface area (Å²) in [6.45, 7) is 3.56. The number of carbonyl (C=O) groups excluding carboxylic acids is 1. The Morgan fingerprint density at radius 2 is 2.05 bits per heavy atom. The first kappa shape index (κ1) is 16.4. The van der Waals surface area contributed by atoms with E-state index in [0.29, 0.717) is 0 Å². The maximum atomic E-state index is 12.0. The standard InChI is InChI=1S/C12H12BrNO5S/c1-2-5-14-11(15)7-20(18,19)8-3-4-10(13)9(6-8)12(16)17/h2-4,6H,1,5,7H2,(H,14,15)(H,16,17). The molecule has 0 aromatic heterocycles. The average Bonchev–Trinajstić information content (AvgIpc) is 2.35. The minimum atomic E-state index is -3.89. The van der Waals surface area contributed by atoms with Crippen LogP contribution in [0.5, 0.6) is 0 Å². The third-order valence-electron chi connectivity index (χ3n) is 2.29. The van der Waals surface area contributed by atoms with Gasteiger partial charge in [0.05, 0.1) is 10.5 Å². The van der Waals surface area contributed by atoms with Gasteiger partial charge >= 0.3 is 5.97 Å². The molecule has 0 aliphatic heterocycles. The van der Waals surface area contributed by atoms with E-state index in [0.717, 1.165) is 6.07 Å². The zero-order valence-electron chi connectivity index (χ0n) is 10.3. The lowest BCUT2D eigenvalue weighted by Crippen LogP contribution is -2.30. The Hall–Kier alpha value is -1.67. The second kappa shape index (κ2) is 6.67. The molecule has 6 nitrogen and oxygen atoms in total. The summed E-state index contributed by atoms with van der Waals surface area (Å²) < 4.78 is 24.3. The summed E-state index contributed by atoms with van der Waals surface area (Å²) >= 11 is 3.02. The van der Waals surface area contributed by atoms with E-state index in [4.69, 9.17) is 5.11 Å². The van der Waals surface area contributed by atoms with E-state index in [-0.39, 0.29) is 21.5 Å². The maximum absolute atomic E-state index is 12.0. The smallest absolute Gasteiger partial charge is 0.336 e. The van der Waals surface area contributed by atoms with Crippen LogP contribution in [-0.4, -0.2) is 37.7 Å². The number of aromatic carboxylic acids is 1. The van der Waals surface area contributed by atoms with Crippen molar-refractivity contribution in [2.24, 2.45) is 0 Å². The number of benzene rings is 1. The van der Waals surface area contributed by atoms with Gasteiger partial charge in [0.25, 0.3) is 0 Å². The summed E-state index contributed by atoms with van der Waals surface area (Å²) in [7, 11) is -3.89. The number of carbonyl (C=O) groups is 2. The molecule has 0 aliphatic carbocycles. The molecule has 0 fully saturated rings. The maximum Gasteiger partial charge on any atom is 0.336 e. The molecule has 1 rings (SSSR count). The number of carboxylic acids is 1. The fourth-order valence-electron chi connectivity index (χ4n) is 1.35. The molecule has 20 heavy (non-hydrogen) atoms. The lowest BCUT2D eigenvalue weighted by molar-refractivity contribution is -0.118. The van der Waals surface area contributed by atoms with Crippen molar-refractivity contribution >= 4 is 37.6 Å². The van der Waals surface area contributed by atoms with Gasteiger partial charge in [-0.25, -0.2) is 13.2 Å². The molecule has 2 N–H and O–H groups in total. The molecule has 0 heterocycles. The summed E-state index contributed by atoms with van der Waals surface area (Å²) in [5, 5.41) is 11.3. The molecule has 0 saturated carbocycles. The molecule has 0 unspecified atom stereocenters. The molecule has 0 bridgehead atoms. The minimum absolute atomic E-state index is 0.162. The lowest BCUT2D eigenvalue weighted by atomic mass is 10.2. The third-order valence-corrected chi connectivity index (χ3v) is 4.60. The topological polar surface area (TPSA) is 101 Å². The van der Waals surface area contributed by atoms with Crippen LogP contribution in [0.3, 0.4) is 0 Å². The van der Waals surface area contributed by atoms with Crippen molar-refractivity contribution in [2.45, 2.75) is 4.90 Å². The van der Waals surface area contributed by atoms with E-state index in [1.54, 1.807) is 0 Å². The number of hydrogen-bond acceptors (Lipinski definition) is 4. The van der Waals surface area contributed by atoms with E-state index in [1.807, 2.05) is 0 Å². The van der Waals surface area contributed by atoms with Gasteiger partial charge in [-0.3, -0.25) is 4.79 Å².